The van der Waals surface area contributed by atoms with Crippen LogP contribution in [0.3, 0.4) is 0 Å². The average Bonchev–Trinajstić information content (AvgIpc) is 3.62. The van der Waals surface area contributed by atoms with Crippen molar-refractivity contribution in [2.24, 2.45) is 0 Å². The van der Waals surface area contributed by atoms with Gasteiger partial charge in [-0.2, -0.15) is 4.31 Å². The lowest BCUT2D eigenvalue weighted by Crippen LogP contribution is -2.48. The minimum atomic E-state index is -3.76. The molecular weight excluding hydrogens is 562 g/mol. The summed E-state index contributed by atoms with van der Waals surface area (Å²) >= 11 is 1.15. The molecule has 41 heavy (non-hydrogen) atoms. The number of hydrogen-bond acceptors (Lipinski definition) is 7. The van der Waals surface area contributed by atoms with Crippen LogP contribution in [0.5, 0.6) is 0 Å². The lowest BCUT2D eigenvalue weighted by atomic mass is 9.93. The van der Waals surface area contributed by atoms with Crippen LogP contribution in [0.1, 0.15) is 40.7 Å². The number of anilines is 1. The number of thiophene rings is 1. The van der Waals surface area contributed by atoms with E-state index < -0.39 is 21.0 Å². The van der Waals surface area contributed by atoms with E-state index in [1.165, 1.54) is 16.4 Å². The van der Waals surface area contributed by atoms with Crippen LogP contribution >= 0.6 is 11.3 Å². The molecule has 3 aromatic carbocycles. The molecule has 2 aliphatic heterocycles. The summed E-state index contributed by atoms with van der Waals surface area (Å²) in [6, 6.07) is 18.1. The van der Waals surface area contributed by atoms with Gasteiger partial charge >= 0.3 is 0 Å². The van der Waals surface area contributed by atoms with E-state index in [1.54, 1.807) is 46.7 Å². The van der Waals surface area contributed by atoms with Crippen molar-refractivity contribution in [2.75, 3.05) is 18.0 Å². The third kappa shape index (κ3) is 4.94. The summed E-state index contributed by atoms with van der Waals surface area (Å²) < 4.78 is 28.3. The summed E-state index contributed by atoms with van der Waals surface area (Å²) in [5.41, 5.74) is 2.99. The topological polar surface area (TPSA) is 118 Å². The molecule has 6 rings (SSSR count). The van der Waals surface area contributed by atoms with Gasteiger partial charge in [0.2, 0.25) is 0 Å². The Morgan fingerprint density at radius 2 is 1.83 bits per heavy atom. The molecule has 0 spiro atoms. The van der Waals surface area contributed by atoms with Crippen molar-refractivity contribution in [3.63, 3.8) is 0 Å². The van der Waals surface area contributed by atoms with Crippen molar-refractivity contribution in [3.05, 3.63) is 98.9 Å². The summed E-state index contributed by atoms with van der Waals surface area (Å²) in [5, 5.41) is 14.3. The number of non-ortho nitro benzene ring substituents is 1. The van der Waals surface area contributed by atoms with Gasteiger partial charge in [-0.25, -0.2) is 8.42 Å². The van der Waals surface area contributed by atoms with Crippen molar-refractivity contribution < 1.29 is 22.9 Å². The summed E-state index contributed by atoms with van der Waals surface area (Å²) in [4.78, 5) is 39.3. The van der Waals surface area contributed by atoms with Crippen LogP contribution in [0.2, 0.25) is 0 Å². The first-order valence-electron chi connectivity index (χ1n) is 13.4. The Morgan fingerprint density at radius 3 is 2.56 bits per heavy atom. The maximum atomic E-state index is 13.7. The zero-order chi connectivity index (χ0) is 28.7. The number of nitrogens with zero attached hydrogens (tertiary/aromatic N) is 3. The summed E-state index contributed by atoms with van der Waals surface area (Å²) in [5.74, 6) is -0.277. The maximum Gasteiger partial charge on any atom is 0.269 e. The molecule has 0 radical (unpaired) electrons. The van der Waals surface area contributed by atoms with Crippen LogP contribution in [0, 0.1) is 10.1 Å². The van der Waals surface area contributed by atoms with Crippen LogP contribution < -0.4 is 4.90 Å². The molecule has 11 heteroatoms. The number of rotatable bonds is 9. The quantitative estimate of drug-likeness (QED) is 0.191. The van der Waals surface area contributed by atoms with Crippen molar-refractivity contribution in [1.29, 1.82) is 0 Å². The first-order valence-corrected chi connectivity index (χ1v) is 15.8. The summed E-state index contributed by atoms with van der Waals surface area (Å²) in [7, 11) is -3.76. The number of benzene rings is 3. The van der Waals surface area contributed by atoms with Crippen LogP contribution in [0.25, 0.3) is 10.8 Å². The van der Waals surface area contributed by atoms with E-state index in [0.717, 1.165) is 45.3 Å². The molecule has 0 saturated carbocycles. The van der Waals surface area contributed by atoms with Gasteiger partial charge in [0, 0.05) is 42.6 Å². The van der Waals surface area contributed by atoms with Crippen LogP contribution in [-0.2, 0) is 27.7 Å². The standard InChI is InChI=1S/C30H27N3O6S2/c34-27(25-7-1-2-16-32(25)41(38,39)28-8-4-18-40-28)19-21-11-14-26-29-23(21)5-3-6-24(29)30(35)31(26)17-15-20-9-12-22(13-10-20)33(36)37/h3-6,8-14,18,25H,1-2,7,15-17,19H2. The predicted molar refractivity (Wildman–Crippen MR) is 157 cm³/mol. The van der Waals surface area contributed by atoms with Gasteiger partial charge in [-0.1, -0.05) is 42.8 Å². The van der Waals surface area contributed by atoms with E-state index in [1.807, 2.05) is 18.2 Å². The van der Waals surface area contributed by atoms with E-state index in [0.29, 0.717) is 37.9 Å². The van der Waals surface area contributed by atoms with Crippen LogP contribution in [0.4, 0.5) is 11.4 Å². The highest BCUT2D eigenvalue weighted by molar-refractivity contribution is 7.91. The normalized spacial score (nSPS) is 17.3. The molecule has 2 aliphatic rings. The van der Waals surface area contributed by atoms with Gasteiger partial charge in [0.25, 0.3) is 21.6 Å². The lowest BCUT2D eigenvalue weighted by molar-refractivity contribution is -0.384. The molecule has 4 aromatic rings. The first kappa shape index (κ1) is 27.3. The molecule has 0 N–H and O–H groups in total. The monoisotopic (exact) mass is 589 g/mol. The number of nitro groups is 1. The van der Waals surface area contributed by atoms with E-state index in [-0.39, 0.29) is 28.0 Å². The molecule has 0 bridgehead atoms. The van der Waals surface area contributed by atoms with E-state index in [4.69, 9.17) is 0 Å². The Balaban J connectivity index is 1.25. The number of ketones is 1. The van der Waals surface area contributed by atoms with Crippen molar-refractivity contribution in [3.8, 4) is 0 Å². The third-order valence-electron chi connectivity index (χ3n) is 7.89. The summed E-state index contributed by atoms with van der Waals surface area (Å²) in [6.07, 6.45) is 2.58. The number of Topliss-reactive ketones (excluding diaryl/α,β-unsaturated/α-hetero) is 1. The smallest absolute Gasteiger partial charge is 0.269 e. The van der Waals surface area contributed by atoms with Crippen molar-refractivity contribution in [2.45, 2.75) is 42.4 Å². The largest absolute Gasteiger partial charge is 0.307 e. The number of sulfonamides is 1. The highest BCUT2D eigenvalue weighted by Crippen LogP contribution is 2.39. The molecule has 1 fully saturated rings. The van der Waals surface area contributed by atoms with Crippen LogP contribution in [0.15, 0.2) is 76.3 Å². The Hall–Kier alpha value is -3.93. The molecule has 9 nitrogen and oxygen atoms in total. The predicted octanol–water partition coefficient (Wildman–Crippen LogP) is 5.37. The highest BCUT2D eigenvalue weighted by atomic mass is 32.2. The number of piperidine rings is 1. The maximum absolute atomic E-state index is 13.7. The minimum Gasteiger partial charge on any atom is -0.307 e. The number of carbonyl (C=O) groups is 2. The third-order valence-corrected chi connectivity index (χ3v) is 11.2. The summed E-state index contributed by atoms with van der Waals surface area (Å²) in [6.45, 7) is 0.717. The molecule has 210 valence electrons. The number of hydrogen-bond donors (Lipinski definition) is 0. The van der Waals surface area contributed by atoms with E-state index in [2.05, 4.69) is 0 Å². The Bertz CT molecular complexity index is 1770. The van der Waals surface area contributed by atoms with E-state index >= 15 is 0 Å². The second-order valence-electron chi connectivity index (χ2n) is 10.3. The molecule has 0 aliphatic carbocycles. The van der Waals surface area contributed by atoms with Gasteiger partial charge in [-0.05, 0) is 59.4 Å². The Kier molecular flexibility index (Phi) is 7.18. The molecule has 1 atom stereocenters. The van der Waals surface area contributed by atoms with Crippen LogP contribution in [-0.4, -0.2) is 48.5 Å². The molecule has 1 amide bonds. The molecular formula is C30H27N3O6S2. The van der Waals surface area contributed by atoms with Gasteiger partial charge in [-0.3, -0.25) is 19.7 Å². The van der Waals surface area contributed by atoms with E-state index in [9.17, 15) is 28.1 Å². The van der Waals surface area contributed by atoms with Crippen molar-refractivity contribution in [1.82, 2.24) is 4.31 Å². The van der Waals surface area contributed by atoms with Gasteiger partial charge in [0.1, 0.15) is 4.21 Å². The molecule has 1 unspecified atom stereocenters. The zero-order valence-electron chi connectivity index (χ0n) is 22.1. The zero-order valence-corrected chi connectivity index (χ0v) is 23.7. The van der Waals surface area contributed by atoms with Crippen molar-refractivity contribution >= 4 is 55.2 Å². The fourth-order valence-electron chi connectivity index (χ4n) is 5.85. The fraction of sp³-hybridized carbons (Fsp3) is 0.267. The second kappa shape index (κ2) is 10.8. The Labute approximate surface area is 241 Å². The minimum absolute atomic E-state index is 0.0192. The molecule has 1 aromatic heterocycles. The number of carbonyl (C=O) groups excluding carboxylic acids is 2. The van der Waals surface area contributed by atoms with Gasteiger partial charge in [-0.15, -0.1) is 11.3 Å². The van der Waals surface area contributed by atoms with Gasteiger partial charge in [0.15, 0.2) is 5.78 Å². The fourth-order valence-corrected chi connectivity index (χ4v) is 8.65. The molecule has 3 heterocycles. The SMILES string of the molecule is O=C(Cc1ccc2c3c(cccc13)C(=O)N2CCc1ccc([N+](=O)[O-])cc1)C1CCCCN1S(=O)(=O)c1cccs1. The number of amides is 1. The highest BCUT2D eigenvalue weighted by Gasteiger charge is 2.38. The number of nitro benzene ring substituents is 1. The first-order chi connectivity index (χ1) is 19.8. The lowest BCUT2D eigenvalue weighted by Gasteiger charge is -2.33. The van der Waals surface area contributed by atoms with Gasteiger partial charge < -0.3 is 4.90 Å². The average molecular weight is 590 g/mol. The Morgan fingerprint density at radius 1 is 1.02 bits per heavy atom. The molecule has 1 saturated heterocycles. The second-order valence-corrected chi connectivity index (χ2v) is 13.4. The van der Waals surface area contributed by atoms with Gasteiger partial charge in [0.05, 0.1) is 16.7 Å².